The van der Waals surface area contributed by atoms with Crippen LogP contribution in [-0.2, 0) is 20.9 Å². The molecule has 2 heterocycles. The van der Waals surface area contributed by atoms with Crippen molar-refractivity contribution < 1.29 is 14.3 Å². The lowest BCUT2D eigenvalue weighted by Crippen LogP contribution is -2.30. The van der Waals surface area contributed by atoms with Crippen LogP contribution in [0.3, 0.4) is 0 Å². The summed E-state index contributed by atoms with van der Waals surface area (Å²) in [5.41, 5.74) is 2.77. The van der Waals surface area contributed by atoms with Crippen LogP contribution in [0.25, 0.3) is 5.57 Å². The summed E-state index contributed by atoms with van der Waals surface area (Å²) >= 11 is 13.0. The predicted molar refractivity (Wildman–Crippen MR) is 129 cm³/mol. The van der Waals surface area contributed by atoms with Crippen LogP contribution in [0, 0.1) is 0 Å². The maximum absolute atomic E-state index is 13.5. The summed E-state index contributed by atoms with van der Waals surface area (Å²) in [6.07, 6.45) is 0.687. The summed E-state index contributed by atoms with van der Waals surface area (Å²) in [7, 11) is 0. The van der Waals surface area contributed by atoms with Crippen molar-refractivity contribution in [3.05, 3.63) is 69.6 Å². The van der Waals surface area contributed by atoms with Crippen LogP contribution in [0.5, 0.6) is 0 Å². The molecule has 2 aromatic rings. The number of hydrogen-bond acceptors (Lipinski definition) is 5. The second kappa shape index (κ2) is 9.53. The zero-order chi connectivity index (χ0) is 22.0. The number of para-hydroxylation sites is 1. The van der Waals surface area contributed by atoms with Gasteiger partial charge < -0.3 is 9.64 Å². The lowest BCUT2D eigenvalue weighted by molar-refractivity contribution is -0.122. The van der Waals surface area contributed by atoms with Gasteiger partial charge in [-0.2, -0.15) is 0 Å². The van der Waals surface area contributed by atoms with E-state index in [0.29, 0.717) is 52.5 Å². The number of carbonyl (C=O) groups excluding carboxylic acids is 2. The largest absolute Gasteiger partial charge is 0.382 e. The zero-order valence-corrected chi connectivity index (χ0v) is 19.4. The molecule has 0 N–H and O–H groups in total. The molecule has 0 aliphatic carbocycles. The molecular weight excluding hydrogens is 452 g/mol. The molecule has 0 aromatic heterocycles. The monoisotopic (exact) mass is 472 g/mol. The molecule has 8 heteroatoms. The van der Waals surface area contributed by atoms with Gasteiger partial charge in [-0.3, -0.25) is 14.5 Å². The minimum absolute atomic E-state index is 0.212. The Morgan fingerprint density at radius 3 is 2.55 bits per heavy atom. The minimum Gasteiger partial charge on any atom is -0.382 e. The first kappa shape index (κ1) is 22.0. The van der Waals surface area contributed by atoms with Gasteiger partial charge in [-0.25, -0.2) is 0 Å². The summed E-state index contributed by atoms with van der Waals surface area (Å²) in [6.45, 7) is 3.93. The van der Waals surface area contributed by atoms with Crippen LogP contribution < -0.4 is 4.90 Å². The number of fused-ring (bicyclic) bond motifs is 1. The second-order valence-electron chi connectivity index (χ2n) is 7.08. The molecule has 0 bridgehead atoms. The molecule has 2 aromatic carbocycles. The molecule has 0 spiro atoms. The first-order valence-corrected chi connectivity index (χ1v) is 11.6. The smallest absolute Gasteiger partial charge is 0.267 e. The number of nitrogens with zero attached hydrogens (tertiary/aromatic N) is 2. The summed E-state index contributed by atoms with van der Waals surface area (Å²) in [5.74, 6) is -0.430. The summed E-state index contributed by atoms with van der Waals surface area (Å²) in [5, 5.41) is 0.599. The van der Waals surface area contributed by atoms with Crippen molar-refractivity contribution >= 4 is 63.0 Å². The standard InChI is InChI=1S/C23H21ClN2O3S2/c1-2-29-13-7-12-25-22(28)20(31-23(25)30)19-16-9-4-6-11-18(16)26(21(19)27)14-15-8-3-5-10-17(15)24/h3-6,8-11H,2,7,12-14H2,1H3/b20-19+. The van der Waals surface area contributed by atoms with Crippen molar-refractivity contribution in [1.82, 2.24) is 4.90 Å². The molecule has 4 rings (SSSR count). The van der Waals surface area contributed by atoms with Gasteiger partial charge in [0.25, 0.3) is 11.8 Å². The Morgan fingerprint density at radius 2 is 1.77 bits per heavy atom. The first-order chi connectivity index (χ1) is 15.0. The number of thiocarbonyl (C=S) groups is 1. The van der Waals surface area contributed by atoms with E-state index in [1.54, 1.807) is 15.9 Å². The number of carbonyl (C=O) groups is 2. The quantitative estimate of drug-likeness (QED) is 0.326. The number of anilines is 1. The third kappa shape index (κ3) is 4.28. The maximum atomic E-state index is 13.5. The number of hydrogen-bond donors (Lipinski definition) is 0. The Bertz CT molecular complexity index is 1090. The van der Waals surface area contributed by atoms with Crippen LogP contribution in [0.2, 0.25) is 5.02 Å². The normalized spacial score (nSPS) is 18.3. The number of thioether (sulfide) groups is 1. The average Bonchev–Trinajstić information content (AvgIpc) is 3.20. The highest BCUT2D eigenvalue weighted by atomic mass is 35.5. The van der Waals surface area contributed by atoms with E-state index in [1.807, 2.05) is 49.4 Å². The third-order valence-electron chi connectivity index (χ3n) is 5.16. The molecule has 2 aliphatic heterocycles. The van der Waals surface area contributed by atoms with E-state index < -0.39 is 0 Å². The SMILES string of the molecule is CCOCCCN1C(=O)/C(=C2\C(=O)N(Cc3ccccc3Cl)c3ccccc32)SC1=S. The highest BCUT2D eigenvalue weighted by Crippen LogP contribution is 2.45. The van der Waals surface area contributed by atoms with Crippen molar-refractivity contribution in [2.24, 2.45) is 0 Å². The van der Waals surface area contributed by atoms with E-state index in [0.717, 1.165) is 16.8 Å². The van der Waals surface area contributed by atoms with Crippen LogP contribution >= 0.6 is 35.6 Å². The Morgan fingerprint density at radius 1 is 1.03 bits per heavy atom. The zero-order valence-electron chi connectivity index (χ0n) is 17.0. The van der Waals surface area contributed by atoms with E-state index >= 15 is 0 Å². The van der Waals surface area contributed by atoms with Crippen LogP contribution in [0.4, 0.5) is 5.69 Å². The van der Waals surface area contributed by atoms with Crippen molar-refractivity contribution in [3.8, 4) is 0 Å². The van der Waals surface area contributed by atoms with Crippen molar-refractivity contribution in [2.75, 3.05) is 24.7 Å². The second-order valence-corrected chi connectivity index (χ2v) is 9.13. The van der Waals surface area contributed by atoms with Crippen LogP contribution in [0.1, 0.15) is 24.5 Å². The van der Waals surface area contributed by atoms with Crippen LogP contribution in [0.15, 0.2) is 53.4 Å². The van der Waals surface area contributed by atoms with Gasteiger partial charge in [-0.15, -0.1) is 0 Å². The molecule has 2 aliphatic rings. The number of ether oxygens (including phenoxy) is 1. The van der Waals surface area contributed by atoms with E-state index in [4.69, 9.17) is 28.6 Å². The fourth-order valence-electron chi connectivity index (χ4n) is 3.66. The summed E-state index contributed by atoms with van der Waals surface area (Å²) in [6, 6.07) is 15.0. The minimum atomic E-state index is -0.218. The molecular formula is C23H21ClN2O3S2. The number of halogens is 1. The highest BCUT2D eigenvalue weighted by Gasteiger charge is 2.41. The first-order valence-electron chi connectivity index (χ1n) is 10.0. The number of benzene rings is 2. The molecule has 0 saturated carbocycles. The maximum Gasteiger partial charge on any atom is 0.267 e. The molecule has 0 atom stereocenters. The molecule has 0 unspecified atom stereocenters. The molecule has 5 nitrogen and oxygen atoms in total. The molecule has 0 radical (unpaired) electrons. The third-order valence-corrected chi connectivity index (χ3v) is 6.98. The molecule has 1 saturated heterocycles. The molecule has 2 amide bonds. The Labute approximate surface area is 196 Å². The lowest BCUT2D eigenvalue weighted by Gasteiger charge is -2.18. The van der Waals surface area contributed by atoms with E-state index in [-0.39, 0.29) is 11.8 Å². The Balaban J connectivity index is 1.66. The Kier molecular flexibility index (Phi) is 6.77. The van der Waals surface area contributed by atoms with Gasteiger partial charge in [0.2, 0.25) is 0 Å². The Hall–Kier alpha value is -2.19. The van der Waals surface area contributed by atoms with Gasteiger partial charge >= 0.3 is 0 Å². The van der Waals surface area contributed by atoms with E-state index in [2.05, 4.69) is 0 Å². The molecule has 31 heavy (non-hydrogen) atoms. The van der Waals surface area contributed by atoms with Gasteiger partial charge in [0.15, 0.2) is 0 Å². The summed E-state index contributed by atoms with van der Waals surface area (Å²) in [4.78, 5) is 30.3. The fourth-order valence-corrected chi connectivity index (χ4v) is 5.24. The highest BCUT2D eigenvalue weighted by molar-refractivity contribution is 8.26. The molecule has 1 fully saturated rings. The van der Waals surface area contributed by atoms with Gasteiger partial charge in [0.05, 0.1) is 22.7 Å². The van der Waals surface area contributed by atoms with Gasteiger partial charge in [-0.05, 0) is 31.0 Å². The number of amides is 2. The van der Waals surface area contributed by atoms with Gasteiger partial charge in [0.1, 0.15) is 4.32 Å². The predicted octanol–water partition coefficient (Wildman–Crippen LogP) is 4.88. The van der Waals surface area contributed by atoms with Crippen molar-refractivity contribution in [3.63, 3.8) is 0 Å². The average molecular weight is 473 g/mol. The lowest BCUT2D eigenvalue weighted by atomic mass is 10.1. The van der Waals surface area contributed by atoms with Gasteiger partial charge in [0, 0.05) is 30.3 Å². The molecule has 160 valence electrons. The van der Waals surface area contributed by atoms with E-state index in [9.17, 15) is 9.59 Å². The van der Waals surface area contributed by atoms with E-state index in [1.165, 1.54) is 11.8 Å². The van der Waals surface area contributed by atoms with Crippen molar-refractivity contribution in [2.45, 2.75) is 19.9 Å². The topological polar surface area (TPSA) is 49.9 Å². The number of rotatable bonds is 7. The summed E-state index contributed by atoms with van der Waals surface area (Å²) < 4.78 is 5.83. The fraction of sp³-hybridized carbons (Fsp3) is 0.261. The van der Waals surface area contributed by atoms with Gasteiger partial charge in [-0.1, -0.05) is 72.0 Å². The van der Waals surface area contributed by atoms with Crippen molar-refractivity contribution in [1.29, 1.82) is 0 Å². The van der Waals surface area contributed by atoms with Crippen LogP contribution in [-0.4, -0.2) is 40.8 Å².